The van der Waals surface area contributed by atoms with Crippen LogP contribution >= 0.6 is 0 Å². The summed E-state index contributed by atoms with van der Waals surface area (Å²) in [6.07, 6.45) is 1.96. The fourth-order valence-electron chi connectivity index (χ4n) is 1.76. The molecule has 0 saturated carbocycles. The number of fused-ring (bicyclic) bond motifs is 1. The number of rotatable bonds is 1. The van der Waals surface area contributed by atoms with Gasteiger partial charge in [0, 0.05) is 35.3 Å². The Bertz CT molecular complexity index is 469. The number of hydrogen-bond acceptors (Lipinski definition) is 2. The summed E-state index contributed by atoms with van der Waals surface area (Å²) in [5.41, 5.74) is 10.5. The molecule has 0 spiro atoms. The summed E-state index contributed by atoms with van der Waals surface area (Å²) in [4.78, 5) is 2.04. The monoisotopic (exact) mass is 198 g/mol. The fraction of sp³-hybridized carbons (Fsp3) is 0.0769. The predicted molar refractivity (Wildman–Crippen MR) is 65.3 cm³/mol. The predicted octanol–water partition coefficient (Wildman–Crippen LogP) is 2.51. The largest absolute Gasteiger partial charge is 0.399 e. The van der Waals surface area contributed by atoms with E-state index in [2.05, 4.69) is 19.2 Å². The molecule has 1 aliphatic heterocycles. The lowest BCUT2D eigenvalue weighted by atomic mass is 9.96. The first kappa shape index (κ1) is 9.59. The van der Waals surface area contributed by atoms with Gasteiger partial charge in [-0.3, -0.25) is 0 Å². The van der Waals surface area contributed by atoms with Gasteiger partial charge in [-0.1, -0.05) is 31.4 Å². The average molecular weight is 198 g/mol. The SMILES string of the molecule is C=C(N)C1=CC(=C)N(C)c2ccccc21. The number of benzene rings is 1. The van der Waals surface area contributed by atoms with Crippen LogP contribution in [0.4, 0.5) is 5.69 Å². The smallest absolute Gasteiger partial charge is 0.0488 e. The normalized spacial score (nSPS) is 14.6. The van der Waals surface area contributed by atoms with Crippen LogP contribution in [0, 0.1) is 0 Å². The molecule has 0 bridgehead atoms. The first-order valence-corrected chi connectivity index (χ1v) is 4.79. The zero-order chi connectivity index (χ0) is 11.0. The van der Waals surface area contributed by atoms with Gasteiger partial charge in [0.25, 0.3) is 0 Å². The maximum absolute atomic E-state index is 5.77. The van der Waals surface area contributed by atoms with Gasteiger partial charge in [-0.2, -0.15) is 0 Å². The average Bonchev–Trinajstić information content (AvgIpc) is 2.23. The third-order valence-electron chi connectivity index (χ3n) is 2.64. The Labute approximate surface area is 90.0 Å². The van der Waals surface area contributed by atoms with Gasteiger partial charge in [0.1, 0.15) is 0 Å². The quantitative estimate of drug-likeness (QED) is 0.751. The van der Waals surface area contributed by atoms with E-state index >= 15 is 0 Å². The molecule has 2 rings (SSSR count). The van der Waals surface area contributed by atoms with Crippen molar-refractivity contribution in [2.75, 3.05) is 11.9 Å². The minimum atomic E-state index is 0.580. The van der Waals surface area contributed by atoms with Gasteiger partial charge < -0.3 is 10.6 Å². The number of likely N-dealkylation sites (N-methyl/N-ethyl adjacent to an activating group) is 1. The highest BCUT2D eigenvalue weighted by molar-refractivity contribution is 5.90. The molecule has 0 saturated heterocycles. The molecule has 2 N–H and O–H groups in total. The highest BCUT2D eigenvalue weighted by Gasteiger charge is 2.18. The van der Waals surface area contributed by atoms with Crippen LogP contribution < -0.4 is 10.6 Å². The first-order valence-electron chi connectivity index (χ1n) is 4.79. The van der Waals surface area contributed by atoms with Crippen LogP contribution in [-0.2, 0) is 0 Å². The molecule has 15 heavy (non-hydrogen) atoms. The summed E-state index contributed by atoms with van der Waals surface area (Å²) >= 11 is 0. The molecular formula is C13H14N2. The van der Waals surface area contributed by atoms with Crippen LogP contribution in [0.2, 0.25) is 0 Å². The lowest BCUT2D eigenvalue weighted by molar-refractivity contribution is 1.12. The number of allylic oxidation sites excluding steroid dienone is 2. The summed E-state index contributed by atoms with van der Waals surface area (Å²) in [6.45, 7) is 7.77. The Kier molecular flexibility index (Phi) is 2.12. The lowest BCUT2D eigenvalue weighted by Gasteiger charge is -2.28. The first-order chi connectivity index (χ1) is 7.11. The van der Waals surface area contributed by atoms with E-state index in [0.29, 0.717) is 5.70 Å². The Hall–Kier alpha value is -1.96. The highest BCUT2D eigenvalue weighted by Crippen LogP contribution is 2.35. The van der Waals surface area contributed by atoms with Crippen LogP contribution in [0.25, 0.3) is 5.57 Å². The number of nitrogens with two attached hydrogens (primary N) is 1. The van der Waals surface area contributed by atoms with E-state index in [0.717, 1.165) is 22.5 Å². The Morgan fingerprint density at radius 3 is 2.67 bits per heavy atom. The molecular weight excluding hydrogens is 184 g/mol. The van der Waals surface area contributed by atoms with Crippen molar-refractivity contribution in [1.29, 1.82) is 0 Å². The van der Waals surface area contributed by atoms with Gasteiger partial charge >= 0.3 is 0 Å². The molecule has 1 aromatic rings. The van der Waals surface area contributed by atoms with Crippen molar-refractivity contribution in [3.8, 4) is 0 Å². The number of para-hydroxylation sites is 1. The van der Waals surface area contributed by atoms with Gasteiger partial charge in [-0.15, -0.1) is 0 Å². The maximum atomic E-state index is 5.77. The van der Waals surface area contributed by atoms with Crippen molar-refractivity contribution in [2.45, 2.75) is 0 Å². The van der Waals surface area contributed by atoms with Crippen LogP contribution in [0.15, 0.2) is 54.9 Å². The second kappa shape index (κ2) is 3.31. The van der Waals surface area contributed by atoms with E-state index in [4.69, 9.17) is 5.73 Å². The van der Waals surface area contributed by atoms with E-state index in [9.17, 15) is 0 Å². The van der Waals surface area contributed by atoms with Crippen LogP contribution in [0.1, 0.15) is 5.56 Å². The highest BCUT2D eigenvalue weighted by atomic mass is 15.1. The van der Waals surface area contributed by atoms with E-state index in [-0.39, 0.29) is 0 Å². The van der Waals surface area contributed by atoms with Crippen LogP contribution in [-0.4, -0.2) is 7.05 Å². The summed E-state index contributed by atoms with van der Waals surface area (Å²) in [5, 5.41) is 0. The van der Waals surface area contributed by atoms with Crippen molar-refractivity contribution in [2.24, 2.45) is 5.73 Å². The molecule has 0 radical (unpaired) electrons. The van der Waals surface area contributed by atoms with Crippen molar-refractivity contribution < 1.29 is 0 Å². The fourth-order valence-corrected chi connectivity index (χ4v) is 1.76. The number of nitrogens with zero attached hydrogens (tertiary/aromatic N) is 1. The van der Waals surface area contributed by atoms with Gasteiger partial charge in [0.15, 0.2) is 0 Å². The standard InChI is InChI=1S/C13H14N2/c1-9-8-12(10(2)14)11-6-4-5-7-13(11)15(9)3/h4-8H,1-2,14H2,3H3. The minimum Gasteiger partial charge on any atom is -0.399 e. The Morgan fingerprint density at radius 2 is 2.00 bits per heavy atom. The van der Waals surface area contributed by atoms with E-state index < -0.39 is 0 Å². The molecule has 2 nitrogen and oxygen atoms in total. The molecule has 0 aromatic heterocycles. The van der Waals surface area contributed by atoms with Crippen molar-refractivity contribution in [3.05, 3.63) is 60.5 Å². The van der Waals surface area contributed by atoms with Gasteiger partial charge in [-0.25, -0.2) is 0 Å². The molecule has 0 fully saturated rings. The van der Waals surface area contributed by atoms with E-state index in [1.807, 2.05) is 36.2 Å². The maximum Gasteiger partial charge on any atom is 0.0488 e. The number of anilines is 1. The molecule has 0 atom stereocenters. The zero-order valence-corrected chi connectivity index (χ0v) is 8.83. The van der Waals surface area contributed by atoms with Crippen molar-refractivity contribution >= 4 is 11.3 Å². The van der Waals surface area contributed by atoms with Gasteiger partial charge in [-0.05, 0) is 12.1 Å². The zero-order valence-electron chi connectivity index (χ0n) is 8.83. The van der Waals surface area contributed by atoms with Crippen LogP contribution in [0.3, 0.4) is 0 Å². The van der Waals surface area contributed by atoms with Crippen LogP contribution in [0.5, 0.6) is 0 Å². The number of hydrogen-bond donors (Lipinski definition) is 1. The molecule has 0 aliphatic carbocycles. The van der Waals surface area contributed by atoms with E-state index in [1.54, 1.807) is 0 Å². The topological polar surface area (TPSA) is 29.3 Å². The summed E-state index contributed by atoms with van der Waals surface area (Å²) in [7, 11) is 1.99. The summed E-state index contributed by atoms with van der Waals surface area (Å²) in [6, 6.07) is 8.10. The molecule has 2 heteroatoms. The molecule has 1 aromatic carbocycles. The minimum absolute atomic E-state index is 0.580. The van der Waals surface area contributed by atoms with Gasteiger partial charge in [0.2, 0.25) is 0 Å². The molecule has 76 valence electrons. The molecule has 1 aliphatic rings. The molecule has 0 unspecified atom stereocenters. The second-order valence-corrected chi connectivity index (χ2v) is 3.65. The molecule has 0 amide bonds. The van der Waals surface area contributed by atoms with Crippen molar-refractivity contribution in [3.63, 3.8) is 0 Å². The Balaban J connectivity index is 2.66. The van der Waals surface area contributed by atoms with E-state index in [1.165, 1.54) is 0 Å². The summed E-state index contributed by atoms with van der Waals surface area (Å²) in [5.74, 6) is 0. The Morgan fingerprint density at radius 1 is 1.33 bits per heavy atom. The molecule has 1 heterocycles. The lowest BCUT2D eigenvalue weighted by Crippen LogP contribution is -2.20. The second-order valence-electron chi connectivity index (χ2n) is 3.65. The third kappa shape index (κ3) is 1.44. The van der Waals surface area contributed by atoms with Crippen molar-refractivity contribution in [1.82, 2.24) is 0 Å². The summed E-state index contributed by atoms with van der Waals surface area (Å²) < 4.78 is 0. The third-order valence-corrected chi connectivity index (χ3v) is 2.64. The van der Waals surface area contributed by atoms with Gasteiger partial charge in [0.05, 0.1) is 0 Å².